The zero-order valence-corrected chi connectivity index (χ0v) is 11.0. The zero-order valence-electron chi connectivity index (χ0n) is 10.2. The van der Waals surface area contributed by atoms with E-state index in [9.17, 15) is 9.00 Å². The summed E-state index contributed by atoms with van der Waals surface area (Å²) in [5.41, 5.74) is 0. The zero-order chi connectivity index (χ0) is 13.2. The van der Waals surface area contributed by atoms with Crippen LogP contribution in [-0.2, 0) is 19.2 Å². The Balaban J connectivity index is 2.54. The highest BCUT2D eigenvalue weighted by Gasteiger charge is 2.25. The van der Waals surface area contributed by atoms with Crippen molar-refractivity contribution in [3.63, 3.8) is 0 Å². The number of ether oxygens (including phenoxy) is 1. The first kappa shape index (κ1) is 12.6. The van der Waals surface area contributed by atoms with Crippen LogP contribution in [0.5, 0.6) is 0 Å². The minimum atomic E-state index is -2.88. The van der Waals surface area contributed by atoms with Gasteiger partial charge in [0.05, 0.1) is 16.9 Å². The van der Waals surface area contributed by atoms with Crippen LogP contribution in [0.25, 0.3) is 0 Å². The standard InChI is InChI=1S/C12H14N2O3S/c1-3-17-12-13-18(16,9-11(15)14(12)2)10-7-5-4-6-8-10/h4-9H,3H2,1-2H3. The van der Waals surface area contributed by atoms with E-state index in [0.29, 0.717) is 11.5 Å². The van der Waals surface area contributed by atoms with Crippen molar-refractivity contribution >= 4 is 27.0 Å². The van der Waals surface area contributed by atoms with E-state index in [0.717, 1.165) is 5.37 Å². The Morgan fingerprint density at radius 2 is 2.00 bits per heavy atom. The van der Waals surface area contributed by atoms with E-state index in [-0.39, 0.29) is 11.9 Å². The highest BCUT2D eigenvalue weighted by molar-refractivity contribution is 8.01. The van der Waals surface area contributed by atoms with Crippen LogP contribution >= 0.6 is 0 Å². The van der Waals surface area contributed by atoms with Gasteiger partial charge in [0.15, 0.2) is 0 Å². The maximum Gasteiger partial charge on any atom is 0.307 e. The summed E-state index contributed by atoms with van der Waals surface area (Å²) in [6, 6.07) is 8.80. The molecule has 1 heterocycles. The predicted octanol–water partition coefficient (Wildman–Crippen LogP) is 0.912. The second-order valence-corrected chi connectivity index (χ2v) is 5.73. The lowest BCUT2D eigenvalue weighted by Gasteiger charge is -2.22. The number of hydrogen-bond donors (Lipinski definition) is 0. The summed E-state index contributed by atoms with van der Waals surface area (Å²) in [5.74, 6) is -0.373. The number of carbonyl (C=O) groups excluding carboxylic acids is 1. The molecule has 5 nitrogen and oxygen atoms in total. The van der Waals surface area contributed by atoms with Gasteiger partial charge in [0.25, 0.3) is 5.91 Å². The Bertz CT molecular complexity index is 601. The predicted molar refractivity (Wildman–Crippen MR) is 70.7 cm³/mol. The van der Waals surface area contributed by atoms with Gasteiger partial charge >= 0.3 is 6.02 Å². The number of benzene rings is 1. The molecule has 0 aromatic heterocycles. The second-order valence-electron chi connectivity index (χ2n) is 3.70. The number of rotatable bonds is 2. The van der Waals surface area contributed by atoms with Gasteiger partial charge < -0.3 is 4.74 Å². The third-order valence-corrected chi connectivity index (χ3v) is 4.34. The number of amidine groups is 1. The van der Waals surface area contributed by atoms with Crippen LogP contribution in [0.2, 0.25) is 0 Å². The Kier molecular flexibility index (Phi) is 3.38. The second kappa shape index (κ2) is 4.81. The lowest BCUT2D eigenvalue weighted by Crippen LogP contribution is -2.40. The molecule has 0 radical (unpaired) electrons. The highest BCUT2D eigenvalue weighted by atomic mass is 32.2. The van der Waals surface area contributed by atoms with Crippen molar-refractivity contribution in [2.24, 2.45) is 4.40 Å². The largest absolute Gasteiger partial charge is 0.464 e. The highest BCUT2D eigenvalue weighted by Crippen LogP contribution is 2.16. The van der Waals surface area contributed by atoms with Gasteiger partial charge in [0.2, 0.25) is 0 Å². The topological polar surface area (TPSA) is 59.0 Å². The molecule has 1 aliphatic heterocycles. The molecule has 0 aliphatic carbocycles. The first-order chi connectivity index (χ1) is 8.57. The fourth-order valence-electron chi connectivity index (χ4n) is 1.50. The van der Waals surface area contributed by atoms with Crippen LogP contribution in [0.1, 0.15) is 6.92 Å². The molecule has 0 saturated carbocycles. The van der Waals surface area contributed by atoms with Crippen LogP contribution < -0.4 is 0 Å². The Labute approximate surface area is 106 Å². The molecular formula is C12H14N2O3S. The van der Waals surface area contributed by atoms with Crippen molar-refractivity contribution in [1.82, 2.24) is 4.90 Å². The summed E-state index contributed by atoms with van der Waals surface area (Å²) in [6.07, 6.45) is 0. The van der Waals surface area contributed by atoms with Gasteiger partial charge in [0.1, 0.15) is 9.71 Å². The fraction of sp³-hybridized carbons (Fsp3) is 0.250. The monoisotopic (exact) mass is 266 g/mol. The molecular weight excluding hydrogens is 252 g/mol. The van der Waals surface area contributed by atoms with E-state index in [1.807, 2.05) is 6.07 Å². The van der Waals surface area contributed by atoms with Crippen molar-refractivity contribution in [1.29, 1.82) is 0 Å². The molecule has 1 unspecified atom stereocenters. The summed E-state index contributed by atoms with van der Waals surface area (Å²) < 4.78 is 22.0. The maximum absolute atomic E-state index is 12.7. The van der Waals surface area contributed by atoms with Gasteiger partial charge in [-0.05, 0) is 19.1 Å². The number of nitrogens with zero attached hydrogens (tertiary/aromatic N) is 2. The lowest BCUT2D eigenvalue weighted by atomic mass is 10.4. The van der Waals surface area contributed by atoms with E-state index in [1.54, 1.807) is 31.2 Å². The normalized spacial score (nSPS) is 23.3. The molecule has 6 heteroatoms. The van der Waals surface area contributed by atoms with E-state index < -0.39 is 9.71 Å². The first-order valence-electron chi connectivity index (χ1n) is 5.51. The molecule has 2 rings (SSSR count). The quantitative estimate of drug-likeness (QED) is 0.748. The van der Waals surface area contributed by atoms with Gasteiger partial charge in [-0.15, -0.1) is 4.40 Å². The molecule has 0 bridgehead atoms. The molecule has 1 amide bonds. The lowest BCUT2D eigenvalue weighted by molar-refractivity contribution is -0.119. The summed E-state index contributed by atoms with van der Waals surface area (Å²) in [6.45, 7) is 2.14. The van der Waals surface area contributed by atoms with Crippen LogP contribution in [-0.4, -0.2) is 40.1 Å². The molecule has 1 aromatic rings. The molecule has 96 valence electrons. The Morgan fingerprint density at radius 1 is 1.33 bits per heavy atom. The first-order valence-corrected chi connectivity index (χ1v) is 7.09. The average Bonchev–Trinajstić information content (AvgIpc) is 2.37. The van der Waals surface area contributed by atoms with Crippen LogP contribution in [0.15, 0.2) is 39.6 Å². The van der Waals surface area contributed by atoms with Crippen molar-refractivity contribution in [3.05, 3.63) is 30.3 Å². The van der Waals surface area contributed by atoms with E-state index in [2.05, 4.69) is 4.40 Å². The van der Waals surface area contributed by atoms with Crippen LogP contribution in [0, 0.1) is 0 Å². The van der Waals surface area contributed by atoms with Gasteiger partial charge in [-0.25, -0.2) is 4.21 Å². The number of carbonyl (C=O) groups is 1. The molecule has 0 spiro atoms. The smallest absolute Gasteiger partial charge is 0.307 e. The van der Waals surface area contributed by atoms with E-state index in [4.69, 9.17) is 4.74 Å². The molecule has 0 N–H and O–H groups in total. The molecule has 0 saturated heterocycles. The molecule has 1 aliphatic rings. The number of amides is 1. The van der Waals surface area contributed by atoms with Gasteiger partial charge in [0, 0.05) is 7.05 Å². The minimum Gasteiger partial charge on any atom is -0.464 e. The molecule has 1 aromatic carbocycles. The van der Waals surface area contributed by atoms with Crippen molar-refractivity contribution in [2.45, 2.75) is 11.8 Å². The molecule has 18 heavy (non-hydrogen) atoms. The van der Waals surface area contributed by atoms with Gasteiger partial charge in [-0.3, -0.25) is 9.69 Å². The van der Waals surface area contributed by atoms with E-state index in [1.165, 1.54) is 11.9 Å². The van der Waals surface area contributed by atoms with Crippen molar-refractivity contribution in [3.8, 4) is 0 Å². The SMILES string of the molecule is CCOC1=NS(=O)(c2ccccc2)=CC(=O)N1C. The third kappa shape index (κ3) is 2.24. The summed E-state index contributed by atoms with van der Waals surface area (Å²) in [5, 5.41) is 1.14. The minimum absolute atomic E-state index is 0.0962. The Morgan fingerprint density at radius 3 is 2.61 bits per heavy atom. The van der Waals surface area contributed by atoms with Gasteiger partial charge in [-0.2, -0.15) is 0 Å². The fourth-order valence-corrected chi connectivity index (χ4v) is 3.18. The summed E-state index contributed by atoms with van der Waals surface area (Å²) >= 11 is 0. The average molecular weight is 266 g/mol. The van der Waals surface area contributed by atoms with Crippen LogP contribution in [0.3, 0.4) is 0 Å². The summed E-state index contributed by atoms with van der Waals surface area (Å²) in [7, 11) is -1.34. The molecule has 1 atom stereocenters. The maximum atomic E-state index is 12.7. The van der Waals surface area contributed by atoms with Crippen molar-refractivity contribution < 1.29 is 13.7 Å². The van der Waals surface area contributed by atoms with Gasteiger partial charge in [-0.1, -0.05) is 18.2 Å². The van der Waals surface area contributed by atoms with Crippen LogP contribution in [0.4, 0.5) is 0 Å². The third-order valence-electron chi connectivity index (χ3n) is 2.45. The molecule has 0 fully saturated rings. The Hall–Kier alpha value is -1.82. The summed E-state index contributed by atoms with van der Waals surface area (Å²) in [4.78, 5) is 13.5. The van der Waals surface area contributed by atoms with Crippen molar-refractivity contribution in [2.75, 3.05) is 13.7 Å². The number of hydrogen-bond acceptors (Lipinski definition) is 3. The van der Waals surface area contributed by atoms with E-state index >= 15 is 0 Å².